The third-order valence-corrected chi connectivity index (χ3v) is 24.2. The van der Waals surface area contributed by atoms with Crippen molar-refractivity contribution in [3.8, 4) is 0 Å². The zero-order valence-corrected chi connectivity index (χ0v) is 47.8. The van der Waals surface area contributed by atoms with Gasteiger partial charge in [0, 0.05) is 17.4 Å². The maximum atomic E-state index is 14.3. The van der Waals surface area contributed by atoms with Gasteiger partial charge in [0.25, 0.3) is 0 Å². The molecule has 7 fully saturated rings. The molecule has 1 unspecified atom stereocenters. The predicted octanol–water partition coefficient (Wildman–Crippen LogP) is 15.3. The van der Waals surface area contributed by atoms with Crippen molar-refractivity contribution in [2.24, 2.45) is 85.2 Å². The second kappa shape index (κ2) is 21.1. The lowest BCUT2D eigenvalue weighted by molar-refractivity contribution is -0.259. The normalized spacial score (nSPS) is 44.6. The van der Waals surface area contributed by atoms with E-state index in [1.807, 2.05) is 26.8 Å². The van der Waals surface area contributed by atoms with E-state index in [1.165, 1.54) is 49.7 Å². The Kier molecular flexibility index (Phi) is 16.7. The number of aliphatic hydroxyl groups is 2. The van der Waals surface area contributed by atoms with Gasteiger partial charge in [-0.3, -0.25) is 9.59 Å². The number of Topliss-reactive ketones (excluding diaryl/α,β-unsaturated/α-hetero) is 1. The number of hydrogen-bond donors (Lipinski definition) is 2. The second-order valence-electron chi connectivity index (χ2n) is 28.3. The first-order chi connectivity index (χ1) is 33.1. The smallest absolute Gasteiger partial charge is 0.333 e. The molecule has 402 valence electrons. The molecule has 0 heterocycles. The minimum Gasteiger partial charge on any atom is -0.465 e. The van der Waals surface area contributed by atoms with Gasteiger partial charge in [0.15, 0.2) is 0 Å². The van der Waals surface area contributed by atoms with Gasteiger partial charge in [-0.05, 0) is 244 Å². The highest BCUT2D eigenvalue weighted by molar-refractivity contribution is 5.87. The minimum atomic E-state index is -0.928. The van der Waals surface area contributed by atoms with Gasteiger partial charge in [0.2, 0.25) is 0 Å². The van der Waals surface area contributed by atoms with E-state index in [1.54, 1.807) is 0 Å². The molecule has 0 aromatic carbocycles. The monoisotopic (exact) mass is 985 g/mol. The van der Waals surface area contributed by atoms with E-state index in [-0.39, 0.29) is 58.6 Å². The van der Waals surface area contributed by atoms with E-state index in [4.69, 9.17) is 9.47 Å². The Morgan fingerprint density at radius 2 is 1.28 bits per heavy atom. The van der Waals surface area contributed by atoms with Crippen LogP contribution in [-0.4, -0.2) is 52.9 Å². The van der Waals surface area contributed by atoms with Gasteiger partial charge in [-0.15, -0.1) is 0 Å². The Balaban J connectivity index is 0.816. The van der Waals surface area contributed by atoms with Crippen LogP contribution in [-0.2, 0) is 23.9 Å². The van der Waals surface area contributed by atoms with Crippen molar-refractivity contribution >= 4 is 17.7 Å². The molecule has 2 N–H and O–H groups in total. The Hall–Kier alpha value is -2.25. The number of allylic oxidation sites excluding steroid dienone is 5. The minimum absolute atomic E-state index is 0.0195. The van der Waals surface area contributed by atoms with Crippen LogP contribution < -0.4 is 0 Å². The average molecular weight is 986 g/mol. The number of aliphatic hydroxyl groups excluding tert-OH is 1. The molecule has 0 amide bonds. The quantitative estimate of drug-likeness (QED) is 0.0686. The van der Waals surface area contributed by atoms with Gasteiger partial charge in [0.05, 0.1) is 30.3 Å². The number of carbonyl (C=O) groups excluding carboxylic acids is 3. The van der Waals surface area contributed by atoms with E-state index in [0.29, 0.717) is 59.7 Å². The molecule has 7 saturated carbocycles. The van der Waals surface area contributed by atoms with E-state index < -0.39 is 17.1 Å². The van der Waals surface area contributed by atoms with Crippen LogP contribution in [0.25, 0.3) is 0 Å². The van der Waals surface area contributed by atoms with E-state index in [9.17, 15) is 24.6 Å². The van der Waals surface area contributed by atoms with Crippen LogP contribution in [0.2, 0.25) is 0 Å². The molecular formula is C64H104O7. The molecule has 0 spiro atoms. The summed E-state index contributed by atoms with van der Waals surface area (Å²) in [5.41, 5.74) is 2.32. The summed E-state index contributed by atoms with van der Waals surface area (Å²) >= 11 is 0. The van der Waals surface area contributed by atoms with Crippen LogP contribution in [0.1, 0.15) is 238 Å². The summed E-state index contributed by atoms with van der Waals surface area (Å²) in [6, 6.07) is 0. The van der Waals surface area contributed by atoms with Crippen molar-refractivity contribution < 1.29 is 34.1 Å². The summed E-state index contributed by atoms with van der Waals surface area (Å²) in [6.07, 6.45) is 27.6. The first-order valence-electron chi connectivity index (χ1n) is 29.4. The summed E-state index contributed by atoms with van der Waals surface area (Å²) in [5.74, 6) is 4.12. The number of ketones is 1. The zero-order valence-electron chi connectivity index (χ0n) is 47.8. The summed E-state index contributed by atoms with van der Waals surface area (Å²) in [5, 5.41) is 23.3. The standard InChI is InChI=1S/C64H104O7/c1-42(20-17-21-43(2)23-19-25-50-59(9)34-31-52(65)57(6,7)48(59)30-37-63(50,13)69)22-18-24-45(4)55(67)70-40-15-16-41-71-56(68)64(14)51-29-36-62(12)49(60(51,10)35-32-53(64)66)27-26-47-54-46(5)44(3)28-33-58(54,8)38-39-61(47,62)11/h20,23-24,44,46-51,53-54,66,69H,15-19,21-22,25-41H2,1-14H3/b42-20+,43-23+,45-24+/t44-,46+,47?,48+,49-,50-,51-,53-,54+,58-,59+,60-,61-,62-,63-,64-/m1/s1. The van der Waals surface area contributed by atoms with E-state index >= 15 is 0 Å². The number of carbonyl (C=O) groups is 3. The van der Waals surface area contributed by atoms with Crippen molar-refractivity contribution in [1.82, 2.24) is 0 Å². The molecule has 0 bridgehead atoms. The molecule has 71 heavy (non-hydrogen) atoms. The topological polar surface area (TPSA) is 110 Å². The maximum Gasteiger partial charge on any atom is 0.333 e. The molecule has 7 aliphatic carbocycles. The van der Waals surface area contributed by atoms with Gasteiger partial charge in [-0.25, -0.2) is 4.79 Å². The van der Waals surface area contributed by atoms with Crippen molar-refractivity contribution in [2.45, 2.75) is 250 Å². The number of unbranched alkanes of at least 4 members (excludes halogenated alkanes) is 1. The van der Waals surface area contributed by atoms with Crippen LogP contribution in [0.3, 0.4) is 0 Å². The van der Waals surface area contributed by atoms with E-state index in [0.717, 1.165) is 101 Å². The van der Waals surface area contributed by atoms with Crippen LogP contribution in [0.4, 0.5) is 0 Å². The molecular weight excluding hydrogens is 881 g/mol. The number of esters is 2. The fraction of sp³-hybridized carbons (Fsp3) is 0.859. The van der Waals surface area contributed by atoms with Crippen LogP contribution in [0.15, 0.2) is 34.9 Å². The van der Waals surface area contributed by atoms with Gasteiger partial charge in [-0.2, -0.15) is 0 Å². The summed E-state index contributed by atoms with van der Waals surface area (Å²) in [6.45, 7) is 33.0. The number of rotatable bonds is 16. The van der Waals surface area contributed by atoms with Gasteiger partial charge in [-0.1, -0.05) is 91.7 Å². The lowest BCUT2D eigenvalue weighted by atomic mass is 9.31. The molecule has 0 radical (unpaired) electrons. The Morgan fingerprint density at radius 1 is 0.648 bits per heavy atom. The third-order valence-electron chi connectivity index (χ3n) is 24.2. The van der Waals surface area contributed by atoms with Crippen LogP contribution in [0.5, 0.6) is 0 Å². The highest BCUT2D eigenvalue weighted by atomic mass is 16.5. The number of ether oxygens (including phenoxy) is 2. The Bertz CT molecular complexity index is 2040. The molecule has 0 aliphatic heterocycles. The zero-order chi connectivity index (χ0) is 52.2. The van der Waals surface area contributed by atoms with Crippen molar-refractivity contribution in [1.29, 1.82) is 0 Å². The van der Waals surface area contributed by atoms with Crippen LogP contribution >= 0.6 is 0 Å². The molecule has 7 rings (SSSR count). The fourth-order valence-electron chi connectivity index (χ4n) is 19.3. The molecule has 7 nitrogen and oxygen atoms in total. The summed E-state index contributed by atoms with van der Waals surface area (Å²) < 4.78 is 11.7. The lowest BCUT2D eigenvalue weighted by Crippen LogP contribution is -2.68. The number of hydrogen-bond acceptors (Lipinski definition) is 7. The predicted molar refractivity (Wildman–Crippen MR) is 288 cm³/mol. The van der Waals surface area contributed by atoms with Gasteiger partial charge < -0.3 is 19.7 Å². The second-order valence-corrected chi connectivity index (χ2v) is 28.3. The maximum absolute atomic E-state index is 14.3. The molecule has 0 saturated heterocycles. The first kappa shape index (κ1) is 56.5. The summed E-state index contributed by atoms with van der Waals surface area (Å²) in [7, 11) is 0. The van der Waals surface area contributed by atoms with Crippen molar-refractivity contribution in [3.05, 3.63) is 34.9 Å². The SMILES string of the molecule is C/C(=C\CC/C(C)=C/CC[C@@H]1[C@@]2(C)CCC(=O)C(C)(C)[C@@H]2CC[C@@]1(C)O)CC/C=C(\C)C(=O)OCCCCOC(=O)[C@@]1(C)[C@H](O)CC[C@@]2(C)[C@H]1CC[C@]1(C)[C@@H]2CCC2[C@@H]3[C@@H](C)[C@H](C)CC[C@]3(C)CC[C@]21C. The Morgan fingerprint density at radius 3 is 1.97 bits per heavy atom. The number of fused-ring (bicyclic) bond motifs is 8. The Labute approximate surface area is 433 Å². The van der Waals surface area contributed by atoms with Gasteiger partial charge >= 0.3 is 11.9 Å². The molecule has 0 aromatic rings. The summed E-state index contributed by atoms with van der Waals surface area (Å²) in [4.78, 5) is 40.0. The highest BCUT2D eigenvalue weighted by Gasteiger charge is 2.71. The lowest BCUT2D eigenvalue weighted by Gasteiger charge is -2.73. The van der Waals surface area contributed by atoms with Crippen molar-refractivity contribution in [2.75, 3.05) is 13.2 Å². The highest BCUT2D eigenvalue weighted by Crippen LogP contribution is 2.77. The van der Waals surface area contributed by atoms with Gasteiger partial charge in [0.1, 0.15) is 5.78 Å². The van der Waals surface area contributed by atoms with E-state index in [2.05, 4.69) is 88.3 Å². The van der Waals surface area contributed by atoms with Crippen molar-refractivity contribution in [3.63, 3.8) is 0 Å². The molecule has 7 aliphatic rings. The molecule has 16 atom stereocenters. The molecule has 0 aromatic heterocycles. The van der Waals surface area contributed by atoms with Crippen LogP contribution in [0, 0.1) is 85.2 Å². The first-order valence-corrected chi connectivity index (χ1v) is 29.4. The fourth-order valence-corrected chi connectivity index (χ4v) is 19.3. The largest absolute Gasteiger partial charge is 0.465 e. The molecule has 7 heteroatoms. The third kappa shape index (κ3) is 10.2. The average Bonchev–Trinajstić information content (AvgIpc) is 3.30.